The van der Waals surface area contributed by atoms with Crippen LogP contribution in [0.2, 0.25) is 0 Å². The van der Waals surface area contributed by atoms with Gasteiger partial charge in [-0.25, -0.2) is 0 Å². The Balaban J connectivity index is 1.98. The molecule has 0 atom stereocenters. The van der Waals surface area contributed by atoms with Gasteiger partial charge in [-0.2, -0.15) is 0 Å². The van der Waals surface area contributed by atoms with Gasteiger partial charge in [0, 0.05) is 17.9 Å². The Hall–Kier alpha value is -2.23. The molecule has 0 saturated heterocycles. The average Bonchev–Trinajstić information content (AvgIpc) is 2.96. The topological polar surface area (TPSA) is 59.5 Å². The third-order valence-corrected chi connectivity index (χ3v) is 3.59. The van der Waals surface area contributed by atoms with E-state index in [0.29, 0.717) is 12.1 Å². The molecule has 2 heterocycles. The van der Waals surface area contributed by atoms with Crippen molar-refractivity contribution in [2.24, 2.45) is 0 Å². The summed E-state index contributed by atoms with van der Waals surface area (Å²) in [4.78, 5) is 14.2. The Bertz CT molecular complexity index is 658. The molecule has 3 rings (SSSR count). The summed E-state index contributed by atoms with van der Waals surface area (Å²) in [5, 5.41) is 0. The summed E-state index contributed by atoms with van der Waals surface area (Å²) >= 11 is 0. The first kappa shape index (κ1) is 11.8. The highest BCUT2D eigenvalue weighted by molar-refractivity contribution is 6.07. The van der Waals surface area contributed by atoms with E-state index in [0.717, 1.165) is 29.1 Å². The molecule has 1 amide bonds. The van der Waals surface area contributed by atoms with Gasteiger partial charge in [0.15, 0.2) is 0 Å². The molecule has 2 N–H and O–H groups in total. The average molecular weight is 256 g/mol. The van der Waals surface area contributed by atoms with Gasteiger partial charge in [0.1, 0.15) is 12.0 Å². The van der Waals surface area contributed by atoms with E-state index in [9.17, 15) is 4.79 Å². The van der Waals surface area contributed by atoms with Gasteiger partial charge >= 0.3 is 0 Å². The quantitative estimate of drug-likeness (QED) is 0.798. The summed E-state index contributed by atoms with van der Waals surface area (Å²) in [5.41, 5.74) is 10.4. The van der Waals surface area contributed by atoms with E-state index in [1.165, 1.54) is 11.8 Å². The van der Waals surface area contributed by atoms with Crippen molar-refractivity contribution >= 4 is 17.3 Å². The molecule has 1 aliphatic heterocycles. The van der Waals surface area contributed by atoms with Gasteiger partial charge in [0.2, 0.25) is 0 Å². The van der Waals surface area contributed by atoms with Crippen LogP contribution in [-0.2, 0) is 6.42 Å². The second-order valence-electron chi connectivity index (χ2n) is 4.99. The van der Waals surface area contributed by atoms with Gasteiger partial charge in [0.25, 0.3) is 5.91 Å². The van der Waals surface area contributed by atoms with Crippen molar-refractivity contribution in [3.8, 4) is 0 Å². The molecular formula is C15H16N2O2. The maximum atomic E-state index is 12.4. The normalized spacial score (nSPS) is 13.7. The standard InChI is InChI=1S/C15H16N2O2/c1-9-5-11-3-4-17(14(11)7-13(9)16)15(18)12-6-10(2)19-8-12/h5-8H,3-4,16H2,1-2H3. The largest absolute Gasteiger partial charge is 0.469 e. The first-order chi connectivity index (χ1) is 9.06. The fraction of sp³-hybridized carbons (Fsp3) is 0.267. The van der Waals surface area contributed by atoms with Gasteiger partial charge in [-0.15, -0.1) is 0 Å². The van der Waals surface area contributed by atoms with Crippen LogP contribution in [-0.4, -0.2) is 12.5 Å². The number of amides is 1. The van der Waals surface area contributed by atoms with Crippen molar-refractivity contribution in [1.82, 2.24) is 0 Å². The summed E-state index contributed by atoms with van der Waals surface area (Å²) in [6, 6.07) is 5.72. The third-order valence-electron chi connectivity index (χ3n) is 3.59. The Labute approximate surface area is 111 Å². The molecule has 0 aliphatic carbocycles. The smallest absolute Gasteiger partial charge is 0.261 e. The van der Waals surface area contributed by atoms with Gasteiger partial charge in [0.05, 0.1) is 5.56 Å². The van der Waals surface area contributed by atoms with Gasteiger partial charge < -0.3 is 15.1 Å². The number of fused-ring (bicyclic) bond motifs is 1. The van der Waals surface area contributed by atoms with Crippen LogP contribution in [0.25, 0.3) is 0 Å². The molecule has 1 aromatic carbocycles. The van der Waals surface area contributed by atoms with E-state index < -0.39 is 0 Å². The molecule has 19 heavy (non-hydrogen) atoms. The molecule has 0 unspecified atom stereocenters. The molecule has 0 radical (unpaired) electrons. The molecule has 98 valence electrons. The monoisotopic (exact) mass is 256 g/mol. The summed E-state index contributed by atoms with van der Waals surface area (Å²) < 4.78 is 5.20. The molecule has 4 heteroatoms. The summed E-state index contributed by atoms with van der Waals surface area (Å²) in [5.74, 6) is 0.713. The number of nitrogens with zero attached hydrogens (tertiary/aromatic N) is 1. The lowest BCUT2D eigenvalue weighted by molar-refractivity contribution is 0.0989. The lowest BCUT2D eigenvalue weighted by atomic mass is 10.1. The number of carbonyl (C=O) groups is 1. The number of anilines is 2. The number of benzene rings is 1. The van der Waals surface area contributed by atoms with Crippen molar-refractivity contribution in [3.05, 3.63) is 46.9 Å². The first-order valence-corrected chi connectivity index (χ1v) is 6.32. The van der Waals surface area contributed by atoms with E-state index in [2.05, 4.69) is 6.07 Å². The minimum Gasteiger partial charge on any atom is -0.469 e. The number of rotatable bonds is 1. The number of hydrogen-bond donors (Lipinski definition) is 1. The minimum atomic E-state index is -0.0288. The van der Waals surface area contributed by atoms with Gasteiger partial charge in [-0.3, -0.25) is 4.79 Å². The van der Waals surface area contributed by atoms with Crippen molar-refractivity contribution in [2.75, 3.05) is 17.2 Å². The summed E-state index contributed by atoms with van der Waals surface area (Å²) in [6.45, 7) is 4.51. The van der Waals surface area contributed by atoms with Crippen LogP contribution in [0.5, 0.6) is 0 Å². The Morgan fingerprint density at radius 3 is 2.79 bits per heavy atom. The molecule has 4 nitrogen and oxygen atoms in total. The van der Waals surface area contributed by atoms with Crippen LogP contribution in [0.15, 0.2) is 28.9 Å². The lowest BCUT2D eigenvalue weighted by Crippen LogP contribution is -2.28. The maximum Gasteiger partial charge on any atom is 0.261 e. The zero-order chi connectivity index (χ0) is 13.6. The number of nitrogen functional groups attached to an aromatic ring is 1. The third kappa shape index (κ3) is 1.89. The van der Waals surface area contributed by atoms with E-state index in [1.807, 2.05) is 19.9 Å². The number of nitrogens with two attached hydrogens (primary N) is 1. The van der Waals surface area contributed by atoms with Crippen LogP contribution in [0.3, 0.4) is 0 Å². The Kier molecular flexibility index (Phi) is 2.59. The van der Waals surface area contributed by atoms with Crippen LogP contribution in [0.1, 0.15) is 27.2 Å². The predicted molar refractivity (Wildman–Crippen MR) is 74.4 cm³/mol. The number of hydrogen-bond acceptors (Lipinski definition) is 3. The molecule has 1 aliphatic rings. The second-order valence-corrected chi connectivity index (χ2v) is 4.99. The molecule has 0 spiro atoms. The highest BCUT2D eigenvalue weighted by atomic mass is 16.3. The van der Waals surface area contributed by atoms with Crippen molar-refractivity contribution in [2.45, 2.75) is 20.3 Å². The molecular weight excluding hydrogens is 240 g/mol. The molecule has 0 fully saturated rings. The van der Waals surface area contributed by atoms with Crippen molar-refractivity contribution in [3.63, 3.8) is 0 Å². The van der Waals surface area contributed by atoms with Crippen LogP contribution in [0.4, 0.5) is 11.4 Å². The highest BCUT2D eigenvalue weighted by Gasteiger charge is 2.27. The summed E-state index contributed by atoms with van der Waals surface area (Å²) in [7, 11) is 0. The van der Waals surface area contributed by atoms with E-state index in [1.54, 1.807) is 11.0 Å². The minimum absolute atomic E-state index is 0.0288. The molecule has 2 aromatic rings. The predicted octanol–water partition coefficient (Wildman–Crippen LogP) is 2.68. The van der Waals surface area contributed by atoms with Crippen LogP contribution >= 0.6 is 0 Å². The lowest BCUT2D eigenvalue weighted by Gasteiger charge is -2.17. The van der Waals surface area contributed by atoms with E-state index >= 15 is 0 Å². The van der Waals surface area contributed by atoms with E-state index in [4.69, 9.17) is 10.2 Å². The number of furan rings is 1. The summed E-state index contributed by atoms with van der Waals surface area (Å²) in [6.07, 6.45) is 2.38. The Morgan fingerprint density at radius 1 is 1.32 bits per heavy atom. The SMILES string of the molecule is Cc1cc(C(=O)N2CCc3cc(C)c(N)cc32)co1. The number of carbonyl (C=O) groups excluding carboxylic acids is 1. The Morgan fingerprint density at radius 2 is 2.11 bits per heavy atom. The van der Waals surface area contributed by atoms with Crippen molar-refractivity contribution < 1.29 is 9.21 Å². The zero-order valence-corrected chi connectivity index (χ0v) is 11.1. The van der Waals surface area contributed by atoms with Gasteiger partial charge in [-0.05, 0) is 43.5 Å². The van der Waals surface area contributed by atoms with Crippen molar-refractivity contribution in [1.29, 1.82) is 0 Å². The van der Waals surface area contributed by atoms with Gasteiger partial charge in [-0.1, -0.05) is 6.07 Å². The second kappa shape index (κ2) is 4.16. The first-order valence-electron chi connectivity index (χ1n) is 6.32. The maximum absolute atomic E-state index is 12.4. The van der Waals surface area contributed by atoms with E-state index in [-0.39, 0.29) is 5.91 Å². The molecule has 0 bridgehead atoms. The highest BCUT2D eigenvalue weighted by Crippen LogP contribution is 2.33. The van der Waals surface area contributed by atoms with Crippen LogP contribution < -0.4 is 10.6 Å². The zero-order valence-electron chi connectivity index (χ0n) is 11.1. The fourth-order valence-electron chi connectivity index (χ4n) is 2.50. The molecule has 0 saturated carbocycles. The van der Waals surface area contributed by atoms with Crippen LogP contribution in [0, 0.1) is 13.8 Å². The molecule has 1 aromatic heterocycles. The fourth-order valence-corrected chi connectivity index (χ4v) is 2.50. The number of aryl methyl sites for hydroxylation is 2.